The van der Waals surface area contributed by atoms with E-state index < -0.39 is 17.6 Å². The predicted octanol–water partition coefficient (Wildman–Crippen LogP) is 4.33. The maximum Gasteiger partial charge on any atom is 0.419 e. The van der Waals surface area contributed by atoms with Crippen LogP contribution in [-0.4, -0.2) is 33.7 Å². The number of alkyl halides is 3. The van der Waals surface area contributed by atoms with Crippen LogP contribution in [0.1, 0.15) is 58.6 Å². The molecule has 1 saturated carbocycles. The third kappa shape index (κ3) is 5.37. The number of aldehydes is 1. The van der Waals surface area contributed by atoms with Crippen LogP contribution in [0.25, 0.3) is 5.65 Å². The standard InChI is InChI=1S/C13H13N3O2.C9H9F4N/c17-7-9-5-12(10-1-3-11(18)4-2-10)13-14-8-15-16(13)6-9;1-14-5-6-3-2-4-7(8(6)10)9(11,12)13/h5-8,10H,1-4H2;2-4,14H,5H2,1H3. The van der Waals surface area contributed by atoms with E-state index in [4.69, 9.17) is 0 Å². The van der Waals surface area contributed by atoms with E-state index in [0.29, 0.717) is 30.1 Å². The van der Waals surface area contributed by atoms with E-state index in [0.717, 1.165) is 36.4 Å². The molecule has 32 heavy (non-hydrogen) atoms. The highest BCUT2D eigenvalue weighted by molar-refractivity contribution is 5.80. The molecule has 2 aromatic heterocycles. The summed E-state index contributed by atoms with van der Waals surface area (Å²) in [5.41, 5.74) is 1.22. The van der Waals surface area contributed by atoms with Crippen molar-refractivity contribution in [1.29, 1.82) is 0 Å². The molecule has 10 heteroatoms. The number of hydrogen-bond donors (Lipinski definition) is 1. The number of pyridine rings is 1. The van der Waals surface area contributed by atoms with Crippen molar-refractivity contribution >= 4 is 17.7 Å². The first-order chi connectivity index (χ1) is 15.2. The molecule has 0 amide bonds. The van der Waals surface area contributed by atoms with Gasteiger partial charge in [-0.1, -0.05) is 12.1 Å². The van der Waals surface area contributed by atoms with Crippen molar-refractivity contribution in [1.82, 2.24) is 19.9 Å². The number of rotatable bonds is 4. The number of nitrogens with zero attached hydrogens (tertiary/aromatic N) is 3. The zero-order valence-corrected chi connectivity index (χ0v) is 17.3. The number of ketones is 1. The Hall–Kier alpha value is -3.14. The summed E-state index contributed by atoms with van der Waals surface area (Å²) >= 11 is 0. The Labute approximate surface area is 181 Å². The van der Waals surface area contributed by atoms with Crippen molar-refractivity contribution in [3.05, 3.63) is 64.9 Å². The van der Waals surface area contributed by atoms with Gasteiger partial charge in [0.1, 0.15) is 17.9 Å². The Kier molecular flexibility index (Phi) is 7.34. The summed E-state index contributed by atoms with van der Waals surface area (Å²) in [6.45, 7) is 0.0791. The molecule has 170 valence electrons. The van der Waals surface area contributed by atoms with E-state index in [1.165, 1.54) is 18.5 Å². The Balaban J connectivity index is 0.000000188. The second-order valence-electron chi connectivity index (χ2n) is 7.49. The highest BCUT2D eigenvalue weighted by Gasteiger charge is 2.34. The van der Waals surface area contributed by atoms with E-state index >= 15 is 0 Å². The summed E-state index contributed by atoms with van der Waals surface area (Å²) in [5.74, 6) is -0.570. The van der Waals surface area contributed by atoms with Crippen LogP contribution in [0, 0.1) is 5.82 Å². The number of carbonyl (C=O) groups excluding carboxylic acids is 2. The Morgan fingerprint density at radius 3 is 2.59 bits per heavy atom. The third-order valence-corrected chi connectivity index (χ3v) is 5.30. The maximum absolute atomic E-state index is 13.2. The fraction of sp³-hybridized carbons (Fsp3) is 0.364. The molecule has 0 saturated heterocycles. The predicted molar refractivity (Wildman–Crippen MR) is 109 cm³/mol. The quantitative estimate of drug-likeness (QED) is 0.473. The lowest BCUT2D eigenvalue weighted by Gasteiger charge is -2.21. The van der Waals surface area contributed by atoms with Gasteiger partial charge in [-0.05, 0) is 37.9 Å². The summed E-state index contributed by atoms with van der Waals surface area (Å²) in [5, 5.41) is 6.67. The summed E-state index contributed by atoms with van der Waals surface area (Å²) in [7, 11) is 1.54. The topological polar surface area (TPSA) is 76.4 Å². The number of nitrogens with one attached hydrogen (secondary N) is 1. The molecule has 0 spiro atoms. The van der Waals surface area contributed by atoms with Crippen LogP contribution in [0.15, 0.2) is 36.8 Å². The molecule has 3 aromatic rings. The number of benzene rings is 1. The van der Waals surface area contributed by atoms with Gasteiger partial charge in [-0.15, -0.1) is 0 Å². The minimum Gasteiger partial charge on any atom is -0.316 e. The molecule has 1 fully saturated rings. The van der Waals surface area contributed by atoms with Crippen molar-refractivity contribution in [2.75, 3.05) is 7.05 Å². The molecular weight excluding hydrogens is 428 g/mol. The average Bonchev–Trinajstić information content (AvgIpc) is 3.23. The molecule has 0 atom stereocenters. The van der Waals surface area contributed by atoms with Gasteiger partial charge in [-0.2, -0.15) is 18.3 Å². The molecular formula is C22H22F4N4O2. The van der Waals surface area contributed by atoms with E-state index in [-0.39, 0.29) is 12.1 Å². The fourth-order valence-electron chi connectivity index (χ4n) is 3.72. The van der Waals surface area contributed by atoms with Gasteiger partial charge in [0, 0.05) is 42.3 Å². The highest BCUT2D eigenvalue weighted by atomic mass is 19.4. The summed E-state index contributed by atoms with van der Waals surface area (Å²) in [6.07, 6.45) is 2.26. The van der Waals surface area contributed by atoms with Crippen LogP contribution in [0.3, 0.4) is 0 Å². The second kappa shape index (κ2) is 9.99. The van der Waals surface area contributed by atoms with Crippen molar-refractivity contribution in [3.63, 3.8) is 0 Å². The molecule has 2 heterocycles. The molecule has 1 aliphatic carbocycles. The molecule has 1 aromatic carbocycles. The number of halogens is 4. The lowest BCUT2D eigenvalue weighted by molar-refractivity contribution is -0.140. The van der Waals surface area contributed by atoms with Gasteiger partial charge in [-0.25, -0.2) is 13.9 Å². The van der Waals surface area contributed by atoms with E-state index in [2.05, 4.69) is 15.4 Å². The van der Waals surface area contributed by atoms with Crippen molar-refractivity contribution in [2.45, 2.75) is 44.3 Å². The van der Waals surface area contributed by atoms with Crippen molar-refractivity contribution in [3.8, 4) is 0 Å². The first-order valence-corrected chi connectivity index (χ1v) is 10.0. The molecule has 4 rings (SSSR count). The van der Waals surface area contributed by atoms with E-state index in [1.54, 1.807) is 17.8 Å². The molecule has 1 aliphatic rings. The normalized spacial score (nSPS) is 14.8. The number of carbonyl (C=O) groups is 2. The van der Waals surface area contributed by atoms with Crippen LogP contribution < -0.4 is 5.32 Å². The Morgan fingerprint density at radius 1 is 1.25 bits per heavy atom. The first-order valence-electron chi connectivity index (χ1n) is 10.0. The third-order valence-electron chi connectivity index (χ3n) is 5.30. The molecule has 0 aliphatic heterocycles. The number of fused-ring (bicyclic) bond motifs is 1. The molecule has 0 radical (unpaired) electrons. The van der Waals surface area contributed by atoms with E-state index in [9.17, 15) is 27.2 Å². The average molecular weight is 450 g/mol. The van der Waals surface area contributed by atoms with Gasteiger partial charge in [0.25, 0.3) is 0 Å². The lowest BCUT2D eigenvalue weighted by atomic mass is 9.83. The van der Waals surface area contributed by atoms with Gasteiger partial charge in [0.15, 0.2) is 11.9 Å². The van der Waals surface area contributed by atoms with Crippen LogP contribution in [-0.2, 0) is 17.5 Å². The number of Topliss-reactive ketones (excluding diaryl/α,β-unsaturated/α-hetero) is 1. The fourth-order valence-corrected chi connectivity index (χ4v) is 3.72. The Morgan fingerprint density at radius 2 is 1.97 bits per heavy atom. The smallest absolute Gasteiger partial charge is 0.316 e. The SMILES string of the molecule is CNCc1cccc(C(F)(F)F)c1F.O=Cc1cc(C2CCC(=O)CC2)c2ncnn2c1. The van der Waals surface area contributed by atoms with Gasteiger partial charge in [-0.3, -0.25) is 9.59 Å². The van der Waals surface area contributed by atoms with Crippen LogP contribution >= 0.6 is 0 Å². The largest absolute Gasteiger partial charge is 0.419 e. The minimum atomic E-state index is -4.63. The van der Waals surface area contributed by atoms with E-state index in [1.807, 2.05) is 6.07 Å². The molecule has 0 unspecified atom stereocenters. The first kappa shape index (κ1) is 23.5. The van der Waals surface area contributed by atoms with Gasteiger partial charge in [0.05, 0.1) is 5.56 Å². The maximum atomic E-state index is 13.2. The van der Waals surface area contributed by atoms with Crippen LogP contribution in [0.4, 0.5) is 17.6 Å². The summed E-state index contributed by atoms with van der Waals surface area (Å²) < 4.78 is 51.5. The Bertz CT molecular complexity index is 1100. The van der Waals surface area contributed by atoms with Crippen molar-refractivity contribution in [2.24, 2.45) is 0 Å². The highest BCUT2D eigenvalue weighted by Crippen LogP contribution is 2.33. The number of aromatic nitrogens is 3. The molecule has 6 nitrogen and oxygen atoms in total. The monoisotopic (exact) mass is 450 g/mol. The molecule has 0 bridgehead atoms. The van der Waals surface area contributed by atoms with Crippen LogP contribution in [0.5, 0.6) is 0 Å². The molecule has 1 N–H and O–H groups in total. The van der Waals surface area contributed by atoms with Gasteiger partial charge in [0.2, 0.25) is 0 Å². The van der Waals surface area contributed by atoms with Gasteiger partial charge >= 0.3 is 6.18 Å². The van der Waals surface area contributed by atoms with Crippen LogP contribution in [0.2, 0.25) is 0 Å². The minimum absolute atomic E-state index is 0.0160. The zero-order chi connectivity index (χ0) is 23.3. The van der Waals surface area contributed by atoms with Gasteiger partial charge < -0.3 is 5.32 Å². The number of hydrogen-bond acceptors (Lipinski definition) is 5. The summed E-state index contributed by atoms with van der Waals surface area (Å²) in [6, 6.07) is 5.12. The zero-order valence-electron chi connectivity index (χ0n) is 17.3. The van der Waals surface area contributed by atoms with Crippen molar-refractivity contribution < 1.29 is 27.2 Å². The second-order valence-corrected chi connectivity index (χ2v) is 7.49. The summed E-state index contributed by atoms with van der Waals surface area (Å²) in [4.78, 5) is 26.5. The lowest BCUT2D eigenvalue weighted by Crippen LogP contribution is -2.13.